The van der Waals surface area contributed by atoms with E-state index in [1.54, 1.807) is 47.9 Å². The summed E-state index contributed by atoms with van der Waals surface area (Å²) in [6, 6.07) is 11.6. The molecular weight excluding hydrogens is 481 g/mol. The van der Waals surface area contributed by atoms with Crippen molar-refractivity contribution in [3.8, 4) is 11.1 Å². The molecule has 0 spiro atoms. The van der Waals surface area contributed by atoms with Crippen LogP contribution >= 0.6 is 11.8 Å². The van der Waals surface area contributed by atoms with Gasteiger partial charge in [-0.05, 0) is 67.6 Å². The fourth-order valence-corrected chi connectivity index (χ4v) is 4.80. The van der Waals surface area contributed by atoms with Crippen LogP contribution in [0, 0.1) is 6.92 Å². The molecule has 10 heteroatoms. The average molecular weight is 508 g/mol. The molecule has 3 rings (SSSR count). The molecular formula is C24H27ClFN3O4S. The van der Waals surface area contributed by atoms with E-state index < -0.39 is 21.8 Å². The highest BCUT2D eigenvalue weighted by Crippen LogP contribution is 2.37. The van der Waals surface area contributed by atoms with Gasteiger partial charge in [0.05, 0.1) is 23.6 Å². The smallest absolute Gasteiger partial charge is 0.338 e. The van der Waals surface area contributed by atoms with E-state index in [-0.39, 0.29) is 24.6 Å². The summed E-state index contributed by atoms with van der Waals surface area (Å²) in [5.74, 6) is -0.859. The molecule has 1 heterocycles. The van der Waals surface area contributed by atoms with Crippen molar-refractivity contribution in [3.63, 3.8) is 0 Å². The molecule has 0 amide bonds. The highest BCUT2D eigenvalue weighted by atomic mass is 35.5. The maximum atomic E-state index is 14.6. The first kappa shape index (κ1) is 25.9. The van der Waals surface area contributed by atoms with Gasteiger partial charge >= 0.3 is 5.97 Å². The van der Waals surface area contributed by atoms with Crippen LogP contribution in [0.2, 0.25) is 0 Å². The average Bonchev–Trinajstić information content (AvgIpc) is 3.08. The molecule has 0 saturated carbocycles. The number of carbonyl (C=O) groups excluding carboxylic acids is 1. The van der Waals surface area contributed by atoms with Gasteiger partial charge in [-0.1, -0.05) is 12.1 Å². The van der Waals surface area contributed by atoms with Crippen molar-refractivity contribution in [2.45, 2.75) is 25.3 Å². The van der Waals surface area contributed by atoms with Crippen molar-refractivity contribution < 1.29 is 22.3 Å². The van der Waals surface area contributed by atoms with Crippen LogP contribution in [0.1, 0.15) is 23.0 Å². The predicted octanol–water partition coefficient (Wildman–Crippen LogP) is 4.64. The van der Waals surface area contributed by atoms with Crippen LogP contribution in [0.15, 0.2) is 59.3 Å². The Hall–Kier alpha value is -2.72. The number of nitrogens with one attached hydrogen (secondary N) is 1. The topological polar surface area (TPSA) is 80.6 Å². The third-order valence-corrected chi connectivity index (χ3v) is 7.41. The number of hydrogen-bond donors (Lipinski definition) is 1. The summed E-state index contributed by atoms with van der Waals surface area (Å²) in [6.45, 7) is 3.91. The zero-order valence-electron chi connectivity index (χ0n) is 19.4. The first-order valence-corrected chi connectivity index (χ1v) is 12.4. The monoisotopic (exact) mass is 507 g/mol. The van der Waals surface area contributed by atoms with E-state index in [2.05, 4.69) is 4.84 Å². The van der Waals surface area contributed by atoms with Gasteiger partial charge in [-0.3, -0.25) is 0 Å². The number of esters is 1. The molecule has 0 atom stereocenters. The van der Waals surface area contributed by atoms with E-state index in [0.717, 1.165) is 10.00 Å². The second-order valence-corrected chi connectivity index (χ2v) is 10.2. The second-order valence-electron chi connectivity index (χ2n) is 7.80. The number of carbonyl (C=O) groups is 1. The molecule has 2 aromatic carbocycles. The van der Waals surface area contributed by atoms with Crippen molar-refractivity contribution >= 4 is 38.7 Å². The van der Waals surface area contributed by atoms with Crippen molar-refractivity contribution in [1.82, 2.24) is 13.7 Å². The molecule has 0 unspecified atom stereocenters. The minimum atomic E-state index is -3.66. The summed E-state index contributed by atoms with van der Waals surface area (Å²) in [7, 11) is -0.725. The first-order valence-electron chi connectivity index (χ1n) is 10.6. The maximum Gasteiger partial charge on any atom is 0.338 e. The summed E-state index contributed by atoms with van der Waals surface area (Å²) < 4.78 is 48.1. The molecule has 0 aliphatic heterocycles. The van der Waals surface area contributed by atoms with Crippen LogP contribution in [-0.4, -0.2) is 50.5 Å². The molecule has 7 nitrogen and oxygen atoms in total. The standard InChI is InChI=1S/C24H27ClFN3O4S/c1-5-33-24(30)18-9-10-22-21(14-18)23(16(2)29(22)15-19(26)11-12-27-25)17-7-6-8-20(13-17)34(31,32)28(3)4/h6-11,13-14,27H,5,12,15H2,1-4H3/b19-11-. The summed E-state index contributed by atoms with van der Waals surface area (Å²) in [4.78, 5) is 14.9. The number of aromatic nitrogens is 1. The molecule has 0 radical (unpaired) electrons. The van der Waals surface area contributed by atoms with E-state index in [4.69, 9.17) is 16.5 Å². The lowest BCUT2D eigenvalue weighted by molar-refractivity contribution is 0.0526. The number of ether oxygens (including phenoxy) is 1. The number of hydrogen-bond acceptors (Lipinski definition) is 5. The van der Waals surface area contributed by atoms with Crippen LogP contribution in [0.4, 0.5) is 4.39 Å². The SMILES string of the molecule is CCOC(=O)c1ccc2c(c1)c(-c1cccc(S(=O)(=O)N(C)C)c1)c(C)n2C/C(F)=C/CNCl. The normalized spacial score (nSPS) is 12.5. The van der Waals surface area contributed by atoms with Crippen LogP contribution in [0.5, 0.6) is 0 Å². The molecule has 0 bridgehead atoms. The van der Waals surface area contributed by atoms with Crippen LogP contribution in [0.3, 0.4) is 0 Å². The number of sulfonamides is 1. The molecule has 1 N–H and O–H groups in total. The van der Waals surface area contributed by atoms with Gasteiger partial charge < -0.3 is 9.30 Å². The lowest BCUT2D eigenvalue weighted by atomic mass is 10.0. The summed E-state index contributed by atoms with van der Waals surface area (Å²) >= 11 is 5.44. The van der Waals surface area contributed by atoms with E-state index in [1.807, 2.05) is 6.92 Å². The van der Waals surface area contributed by atoms with E-state index in [0.29, 0.717) is 27.6 Å². The lowest BCUT2D eigenvalue weighted by Crippen LogP contribution is -2.22. The van der Waals surface area contributed by atoms with E-state index >= 15 is 0 Å². The highest BCUT2D eigenvalue weighted by Gasteiger charge is 2.22. The Morgan fingerprint density at radius 2 is 1.97 bits per heavy atom. The Morgan fingerprint density at radius 1 is 1.24 bits per heavy atom. The molecule has 3 aromatic rings. The molecule has 34 heavy (non-hydrogen) atoms. The largest absolute Gasteiger partial charge is 0.462 e. The van der Waals surface area contributed by atoms with Gasteiger partial charge in [0, 0.05) is 42.8 Å². The Morgan fingerprint density at radius 3 is 2.62 bits per heavy atom. The molecule has 182 valence electrons. The van der Waals surface area contributed by atoms with Crippen molar-refractivity contribution in [1.29, 1.82) is 0 Å². The first-order chi connectivity index (χ1) is 16.1. The minimum Gasteiger partial charge on any atom is -0.462 e. The lowest BCUT2D eigenvalue weighted by Gasteiger charge is -2.13. The third kappa shape index (κ3) is 5.17. The zero-order chi connectivity index (χ0) is 25.0. The number of fused-ring (bicyclic) bond motifs is 1. The van der Waals surface area contributed by atoms with Crippen LogP contribution < -0.4 is 4.84 Å². The number of allylic oxidation sites excluding steroid dienone is 1. The zero-order valence-corrected chi connectivity index (χ0v) is 21.0. The van der Waals surface area contributed by atoms with Crippen LogP contribution in [-0.2, 0) is 21.3 Å². The van der Waals surface area contributed by atoms with Gasteiger partial charge in [0.2, 0.25) is 10.0 Å². The van der Waals surface area contributed by atoms with Crippen molar-refractivity contribution in [3.05, 3.63) is 65.6 Å². The quantitative estimate of drug-likeness (QED) is 0.337. The third-order valence-electron chi connectivity index (χ3n) is 5.45. The summed E-state index contributed by atoms with van der Waals surface area (Å²) in [5, 5.41) is 0.686. The van der Waals surface area contributed by atoms with Gasteiger partial charge in [-0.2, -0.15) is 0 Å². The highest BCUT2D eigenvalue weighted by molar-refractivity contribution is 7.89. The van der Waals surface area contributed by atoms with Gasteiger partial charge in [0.25, 0.3) is 0 Å². The summed E-state index contributed by atoms with van der Waals surface area (Å²) in [5.41, 5.74) is 3.12. The van der Waals surface area contributed by atoms with E-state index in [1.165, 1.54) is 26.2 Å². The molecule has 0 aliphatic rings. The van der Waals surface area contributed by atoms with Gasteiger partial charge in [-0.15, -0.1) is 0 Å². The number of halogens is 2. The Bertz CT molecular complexity index is 1350. The molecule has 0 aliphatic carbocycles. The fraction of sp³-hybridized carbons (Fsp3) is 0.292. The molecule has 1 aromatic heterocycles. The van der Waals surface area contributed by atoms with Gasteiger partial charge in [0.1, 0.15) is 5.83 Å². The van der Waals surface area contributed by atoms with Gasteiger partial charge in [0.15, 0.2) is 0 Å². The maximum absolute atomic E-state index is 14.6. The predicted molar refractivity (Wildman–Crippen MR) is 132 cm³/mol. The van der Waals surface area contributed by atoms with E-state index in [9.17, 15) is 17.6 Å². The molecule has 0 fully saturated rings. The molecule has 0 saturated heterocycles. The Kier molecular flexibility index (Phi) is 8.14. The Labute approximate surface area is 203 Å². The Balaban J connectivity index is 2.27. The summed E-state index contributed by atoms with van der Waals surface area (Å²) in [6.07, 6.45) is 1.34. The van der Waals surface area contributed by atoms with Crippen molar-refractivity contribution in [2.75, 3.05) is 27.2 Å². The second kappa shape index (κ2) is 10.7. The minimum absolute atomic E-state index is 0.0463. The van der Waals surface area contributed by atoms with Crippen molar-refractivity contribution in [2.24, 2.45) is 0 Å². The van der Waals surface area contributed by atoms with Crippen LogP contribution in [0.25, 0.3) is 22.0 Å². The number of rotatable bonds is 9. The number of benzene rings is 2. The number of nitrogens with zero attached hydrogens (tertiary/aromatic N) is 2. The fourth-order valence-electron chi connectivity index (χ4n) is 3.78. The van der Waals surface area contributed by atoms with Gasteiger partial charge in [-0.25, -0.2) is 26.7 Å².